The summed E-state index contributed by atoms with van der Waals surface area (Å²) in [6.07, 6.45) is 2.76. The lowest BCUT2D eigenvalue weighted by Gasteiger charge is -2.16. The van der Waals surface area contributed by atoms with Crippen LogP contribution in [-0.2, 0) is 6.54 Å². The number of hydrogen-bond donors (Lipinski definition) is 1. The van der Waals surface area contributed by atoms with Gasteiger partial charge in [-0.25, -0.2) is 0 Å². The molecule has 0 aliphatic heterocycles. The molecule has 17 heavy (non-hydrogen) atoms. The van der Waals surface area contributed by atoms with Crippen molar-refractivity contribution in [1.82, 2.24) is 5.32 Å². The van der Waals surface area contributed by atoms with Gasteiger partial charge in [-0.3, -0.25) is 0 Å². The van der Waals surface area contributed by atoms with Gasteiger partial charge in [0.15, 0.2) is 0 Å². The average molecular weight is 294 g/mol. The Labute approximate surface area is 110 Å². The van der Waals surface area contributed by atoms with Crippen molar-refractivity contribution in [3.63, 3.8) is 0 Å². The molecule has 2 rings (SSSR count). The molecule has 2 nitrogen and oxygen atoms in total. The van der Waals surface area contributed by atoms with Crippen molar-refractivity contribution in [2.24, 2.45) is 0 Å². The normalized spacial score (nSPS) is 12.6. The second kappa shape index (κ2) is 6.03. The zero-order chi connectivity index (χ0) is 12.1. The van der Waals surface area contributed by atoms with Crippen LogP contribution in [0, 0.1) is 0 Å². The Bertz CT molecular complexity index is 436. The van der Waals surface area contributed by atoms with E-state index >= 15 is 0 Å². The summed E-state index contributed by atoms with van der Waals surface area (Å²) in [5, 5.41) is 3.50. The van der Waals surface area contributed by atoms with Crippen molar-refractivity contribution in [3.8, 4) is 0 Å². The number of benzene rings is 1. The molecular formula is C14H16BrNO. The molecule has 0 saturated carbocycles. The molecule has 1 N–H and O–H groups in total. The van der Waals surface area contributed by atoms with Gasteiger partial charge in [-0.1, -0.05) is 35.0 Å². The van der Waals surface area contributed by atoms with Crippen molar-refractivity contribution in [1.29, 1.82) is 0 Å². The smallest absolute Gasteiger partial charge is 0.117 e. The molecule has 0 aliphatic rings. The van der Waals surface area contributed by atoms with Gasteiger partial charge in [0.05, 0.1) is 12.8 Å². The Balaban J connectivity index is 1.99. The van der Waals surface area contributed by atoms with Crippen LogP contribution in [0.5, 0.6) is 0 Å². The molecule has 1 aromatic heterocycles. The topological polar surface area (TPSA) is 25.2 Å². The van der Waals surface area contributed by atoms with Crippen LogP contribution in [0.25, 0.3) is 0 Å². The highest BCUT2D eigenvalue weighted by atomic mass is 79.9. The standard InChI is InChI=1S/C14H16BrNO/c1-2-14(11-5-7-12(15)8-6-11)16-10-13-4-3-9-17-13/h3-9,14,16H,2,10H2,1H3. The molecule has 90 valence electrons. The van der Waals surface area contributed by atoms with Gasteiger partial charge in [-0.2, -0.15) is 0 Å². The largest absolute Gasteiger partial charge is 0.468 e. The summed E-state index contributed by atoms with van der Waals surface area (Å²) >= 11 is 3.45. The molecule has 0 spiro atoms. The maximum absolute atomic E-state index is 5.31. The molecule has 0 radical (unpaired) electrons. The Morgan fingerprint density at radius 2 is 2.00 bits per heavy atom. The summed E-state index contributed by atoms with van der Waals surface area (Å²) in [5.41, 5.74) is 1.31. The van der Waals surface area contributed by atoms with E-state index < -0.39 is 0 Å². The molecule has 1 aromatic carbocycles. The number of furan rings is 1. The van der Waals surface area contributed by atoms with E-state index in [2.05, 4.69) is 52.4 Å². The molecule has 0 amide bonds. The fourth-order valence-electron chi connectivity index (χ4n) is 1.83. The lowest BCUT2D eigenvalue weighted by molar-refractivity contribution is 0.443. The molecule has 1 heterocycles. The summed E-state index contributed by atoms with van der Waals surface area (Å²) < 4.78 is 6.43. The van der Waals surface area contributed by atoms with Crippen molar-refractivity contribution >= 4 is 15.9 Å². The van der Waals surface area contributed by atoms with E-state index in [-0.39, 0.29) is 0 Å². The Morgan fingerprint density at radius 1 is 1.24 bits per heavy atom. The average Bonchev–Trinajstić information content (AvgIpc) is 2.85. The van der Waals surface area contributed by atoms with E-state index in [4.69, 9.17) is 4.42 Å². The third kappa shape index (κ3) is 3.45. The third-order valence-corrected chi connectivity index (χ3v) is 3.31. The van der Waals surface area contributed by atoms with Gasteiger partial charge in [0.2, 0.25) is 0 Å². The van der Waals surface area contributed by atoms with E-state index in [0.717, 1.165) is 23.2 Å². The Hall–Kier alpha value is -1.06. The number of rotatable bonds is 5. The second-order valence-electron chi connectivity index (χ2n) is 3.97. The van der Waals surface area contributed by atoms with E-state index in [9.17, 15) is 0 Å². The number of halogens is 1. The minimum Gasteiger partial charge on any atom is -0.468 e. The van der Waals surface area contributed by atoms with Crippen molar-refractivity contribution < 1.29 is 4.42 Å². The van der Waals surface area contributed by atoms with Crippen LogP contribution in [0.4, 0.5) is 0 Å². The summed E-state index contributed by atoms with van der Waals surface area (Å²) in [7, 11) is 0. The number of hydrogen-bond acceptors (Lipinski definition) is 2. The van der Waals surface area contributed by atoms with Crippen LogP contribution in [0.15, 0.2) is 51.6 Å². The van der Waals surface area contributed by atoms with Gasteiger partial charge in [0.25, 0.3) is 0 Å². The van der Waals surface area contributed by atoms with Crippen LogP contribution < -0.4 is 5.32 Å². The summed E-state index contributed by atoms with van der Waals surface area (Å²) in [6.45, 7) is 2.95. The van der Waals surface area contributed by atoms with Crippen LogP contribution in [0.3, 0.4) is 0 Å². The molecule has 2 aromatic rings. The van der Waals surface area contributed by atoms with E-state index in [1.54, 1.807) is 6.26 Å². The first-order valence-electron chi connectivity index (χ1n) is 5.81. The maximum Gasteiger partial charge on any atom is 0.117 e. The predicted molar refractivity (Wildman–Crippen MR) is 72.7 cm³/mol. The third-order valence-electron chi connectivity index (χ3n) is 2.78. The predicted octanol–water partition coefficient (Wildman–Crippen LogP) is 4.28. The lowest BCUT2D eigenvalue weighted by Crippen LogP contribution is -2.19. The van der Waals surface area contributed by atoms with E-state index in [1.807, 2.05) is 12.1 Å². The molecule has 0 saturated heterocycles. The molecule has 0 aliphatic carbocycles. The summed E-state index contributed by atoms with van der Waals surface area (Å²) in [6, 6.07) is 12.7. The van der Waals surface area contributed by atoms with Crippen molar-refractivity contribution in [3.05, 3.63) is 58.5 Å². The molecule has 1 unspecified atom stereocenters. The first-order valence-corrected chi connectivity index (χ1v) is 6.60. The monoisotopic (exact) mass is 293 g/mol. The highest BCUT2D eigenvalue weighted by molar-refractivity contribution is 9.10. The van der Waals surface area contributed by atoms with Gasteiger partial charge in [0, 0.05) is 10.5 Å². The summed E-state index contributed by atoms with van der Waals surface area (Å²) in [4.78, 5) is 0. The fraction of sp³-hybridized carbons (Fsp3) is 0.286. The van der Waals surface area contributed by atoms with Gasteiger partial charge in [-0.15, -0.1) is 0 Å². The van der Waals surface area contributed by atoms with Crippen molar-refractivity contribution in [2.45, 2.75) is 25.9 Å². The molecule has 0 bridgehead atoms. The van der Waals surface area contributed by atoms with E-state index in [1.165, 1.54) is 5.56 Å². The van der Waals surface area contributed by atoms with Gasteiger partial charge < -0.3 is 9.73 Å². The van der Waals surface area contributed by atoms with Crippen LogP contribution in [-0.4, -0.2) is 0 Å². The highest BCUT2D eigenvalue weighted by Crippen LogP contribution is 2.19. The van der Waals surface area contributed by atoms with Gasteiger partial charge in [0.1, 0.15) is 5.76 Å². The fourth-order valence-corrected chi connectivity index (χ4v) is 2.09. The first-order chi connectivity index (χ1) is 8.29. The zero-order valence-electron chi connectivity index (χ0n) is 9.82. The quantitative estimate of drug-likeness (QED) is 0.890. The maximum atomic E-state index is 5.31. The highest BCUT2D eigenvalue weighted by Gasteiger charge is 2.08. The van der Waals surface area contributed by atoms with Gasteiger partial charge >= 0.3 is 0 Å². The number of nitrogens with one attached hydrogen (secondary N) is 1. The first kappa shape index (κ1) is 12.4. The lowest BCUT2D eigenvalue weighted by atomic mass is 10.0. The Kier molecular flexibility index (Phi) is 4.40. The van der Waals surface area contributed by atoms with Crippen molar-refractivity contribution in [2.75, 3.05) is 0 Å². The second-order valence-corrected chi connectivity index (χ2v) is 4.89. The zero-order valence-corrected chi connectivity index (χ0v) is 11.4. The molecular weight excluding hydrogens is 278 g/mol. The van der Waals surface area contributed by atoms with Crippen LogP contribution >= 0.6 is 15.9 Å². The molecule has 3 heteroatoms. The summed E-state index contributed by atoms with van der Waals surface area (Å²) in [5.74, 6) is 0.973. The van der Waals surface area contributed by atoms with Crippen LogP contribution in [0.1, 0.15) is 30.7 Å². The molecule has 1 atom stereocenters. The van der Waals surface area contributed by atoms with Gasteiger partial charge in [-0.05, 0) is 36.2 Å². The van der Waals surface area contributed by atoms with Crippen LogP contribution in [0.2, 0.25) is 0 Å². The Morgan fingerprint density at radius 3 is 2.59 bits per heavy atom. The van der Waals surface area contributed by atoms with E-state index in [0.29, 0.717) is 6.04 Å². The minimum absolute atomic E-state index is 0.369. The molecule has 0 fully saturated rings. The SMILES string of the molecule is CCC(NCc1ccco1)c1ccc(Br)cc1. The minimum atomic E-state index is 0.369.